The SMILES string of the molecule is CCOC(=O)c1cnc(=O)[nH]c1CCl. The second-order valence-corrected chi connectivity index (χ2v) is 2.70. The number of halogens is 1. The Labute approximate surface area is 85.1 Å². The maximum absolute atomic E-state index is 11.3. The number of carbonyl (C=O) groups is 1. The Morgan fingerprint density at radius 2 is 2.43 bits per heavy atom. The van der Waals surface area contributed by atoms with Gasteiger partial charge in [-0.3, -0.25) is 0 Å². The van der Waals surface area contributed by atoms with Crippen molar-refractivity contribution in [3.63, 3.8) is 0 Å². The summed E-state index contributed by atoms with van der Waals surface area (Å²) in [6, 6.07) is 0. The number of hydrogen-bond donors (Lipinski definition) is 1. The second-order valence-electron chi connectivity index (χ2n) is 2.43. The van der Waals surface area contributed by atoms with Gasteiger partial charge in [-0.25, -0.2) is 14.6 Å². The van der Waals surface area contributed by atoms with Gasteiger partial charge in [0.2, 0.25) is 0 Å². The molecule has 0 radical (unpaired) electrons. The number of nitrogens with one attached hydrogen (secondary N) is 1. The number of H-pyrrole nitrogens is 1. The van der Waals surface area contributed by atoms with Crippen LogP contribution in [0.5, 0.6) is 0 Å². The molecule has 1 aromatic heterocycles. The van der Waals surface area contributed by atoms with Crippen molar-refractivity contribution >= 4 is 17.6 Å². The van der Waals surface area contributed by atoms with E-state index in [1.54, 1.807) is 6.92 Å². The van der Waals surface area contributed by atoms with Crippen molar-refractivity contribution < 1.29 is 9.53 Å². The first-order valence-electron chi connectivity index (χ1n) is 4.00. The molecule has 0 bridgehead atoms. The fraction of sp³-hybridized carbons (Fsp3) is 0.375. The molecule has 6 heteroatoms. The van der Waals surface area contributed by atoms with Crippen molar-refractivity contribution in [2.24, 2.45) is 0 Å². The molecule has 5 nitrogen and oxygen atoms in total. The number of hydrogen-bond acceptors (Lipinski definition) is 4. The summed E-state index contributed by atoms with van der Waals surface area (Å²) < 4.78 is 4.75. The lowest BCUT2D eigenvalue weighted by Gasteiger charge is -2.04. The minimum atomic E-state index is -0.535. The number of nitrogens with zero attached hydrogens (tertiary/aromatic N) is 1. The normalized spacial score (nSPS) is 9.86. The molecule has 0 amide bonds. The summed E-state index contributed by atoms with van der Waals surface area (Å²) in [6.07, 6.45) is 1.16. The van der Waals surface area contributed by atoms with Crippen molar-refractivity contribution in [2.45, 2.75) is 12.8 Å². The van der Waals surface area contributed by atoms with E-state index in [0.717, 1.165) is 6.20 Å². The first-order chi connectivity index (χ1) is 6.69. The Kier molecular flexibility index (Phi) is 3.64. The largest absolute Gasteiger partial charge is 0.462 e. The van der Waals surface area contributed by atoms with Crippen LogP contribution in [0.1, 0.15) is 23.0 Å². The predicted molar refractivity (Wildman–Crippen MR) is 50.4 cm³/mol. The van der Waals surface area contributed by atoms with Gasteiger partial charge in [-0.15, -0.1) is 11.6 Å². The van der Waals surface area contributed by atoms with E-state index < -0.39 is 11.7 Å². The lowest BCUT2D eigenvalue weighted by atomic mass is 10.2. The summed E-state index contributed by atoms with van der Waals surface area (Å²) in [5, 5.41) is 0. The van der Waals surface area contributed by atoms with Gasteiger partial charge < -0.3 is 9.72 Å². The molecule has 0 aliphatic carbocycles. The molecule has 0 atom stereocenters. The third kappa shape index (κ3) is 2.32. The summed E-state index contributed by atoms with van der Waals surface area (Å²) >= 11 is 5.54. The fourth-order valence-corrected chi connectivity index (χ4v) is 1.13. The van der Waals surface area contributed by atoms with Crippen LogP contribution in [0.3, 0.4) is 0 Å². The van der Waals surface area contributed by atoms with Crippen molar-refractivity contribution in [1.82, 2.24) is 9.97 Å². The van der Waals surface area contributed by atoms with Gasteiger partial charge in [0.1, 0.15) is 0 Å². The molecule has 0 unspecified atom stereocenters. The molecule has 0 fully saturated rings. The average Bonchev–Trinajstić information content (AvgIpc) is 2.17. The zero-order chi connectivity index (χ0) is 10.6. The standard InChI is InChI=1S/C8H9ClN2O3/c1-2-14-7(12)5-4-10-8(13)11-6(5)3-9/h4H,2-3H2,1H3,(H,10,11,13). The smallest absolute Gasteiger partial charge is 0.345 e. The van der Waals surface area contributed by atoms with Crippen LogP contribution in [0, 0.1) is 0 Å². The van der Waals surface area contributed by atoms with Crippen LogP contribution in [0.15, 0.2) is 11.0 Å². The first kappa shape index (κ1) is 10.7. The van der Waals surface area contributed by atoms with Gasteiger partial charge in [-0.1, -0.05) is 0 Å². The predicted octanol–water partition coefficient (Wildman–Crippen LogP) is 0.685. The van der Waals surface area contributed by atoms with Crippen LogP contribution in [-0.2, 0) is 10.6 Å². The molecule has 1 N–H and O–H groups in total. The summed E-state index contributed by atoms with van der Waals surface area (Å²) in [4.78, 5) is 27.9. The van der Waals surface area contributed by atoms with Crippen LogP contribution in [0.4, 0.5) is 0 Å². The van der Waals surface area contributed by atoms with Crippen LogP contribution >= 0.6 is 11.6 Å². The zero-order valence-corrected chi connectivity index (χ0v) is 8.30. The lowest BCUT2D eigenvalue weighted by molar-refractivity contribution is 0.0524. The maximum Gasteiger partial charge on any atom is 0.345 e. The molecule has 0 aromatic carbocycles. The van der Waals surface area contributed by atoms with Crippen molar-refractivity contribution in [3.8, 4) is 0 Å². The van der Waals surface area contributed by atoms with E-state index in [-0.39, 0.29) is 18.1 Å². The fourth-order valence-electron chi connectivity index (χ4n) is 0.920. The van der Waals surface area contributed by atoms with E-state index in [1.807, 2.05) is 0 Å². The summed E-state index contributed by atoms with van der Waals surface area (Å²) in [5.74, 6) is -0.502. The minimum absolute atomic E-state index is 0.0336. The highest BCUT2D eigenvalue weighted by molar-refractivity contribution is 6.17. The number of aromatic nitrogens is 2. The van der Waals surface area contributed by atoms with E-state index in [9.17, 15) is 9.59 Å². The van der Waals surface area contributed by atoms with Crippen LogP contribution in [0.2, 0.25) is 0 Å². The second kappa shape index (κ2) is 4.76. The Morgan fingerprint density at radius 3 is 3.00 bits per heavy atom. The highest BCUT2D eigenvalue weighted by Crippen LogP contribution is 2.06. The van der Waals surface area contributed by atoms with E-state index in [1.165, 1.54) is 0 Å². The third-order valence-electron chi connectivity index (χ3n) is 1.52. The molecule has 0 spiro atoms. The summed E-state index contributed by atoms with van der Waals surface area (Å²) in [5.41, 5.74) is -0.0136. The molecule has 1 rings (SSSR count). The van der Waals surface area contributed by atoms with Crippen molar-refractivity contribution in [1.29, 1.82) is 0 Å². The number of ether oxygens (including phenoxy) is 1. The molecule has 0 saturated heterocycles. The number of carbonyl (C=O) groups excluding carboxylic acids is 1. The zero-order valence-electron chi connectivity index (χ0n) is 7.54. The van der Waals surface area contributed by atoms with Gasteiger partial charge in [0.15, 0.2) is 0 Å². The average molecular weight is 217 g/mol. The molecule has 0 saturated carbocycles. The van der Waals surface area contributed by atoms with Crippen molar-refractivity contribution in [3.05, 3.63) is 27.9 Å². The molecule has 14 heavy (non-hydrogen) atoms. The molecule has 0 aliphatic heterocycles. The third-order valence-corrected chi connectivity index (χ3v) is 1.79. The van der Waals surface area contributed by atoms with Gasteiger partial charge in [-0.2, -0.15) is 0 Å². The van der Waals surface area contributed by atoms with Crippen LogP contribution < -0.4 is 5.69 Å². The van der Waals surface area contributed by atoms with Gasteiger partial charge >= 0.3 is 11.7 Å². The molecule has 76 valence electrons. The maximum atomic E-state index is 11.3. The van der Waals surface area contributed by atoms with E-state index in [0.29, 0.717) is 5.69 Å². The topological polar surface area (TPSA) is 72.0 Å². The summed E-state index contributed by atoms with van der Waals surface area (Å²) in [7, 11) is 0. The number of aromatic amines is 1. The van der Waals surface area contributed by atoms with Gasteiger partial charge in [0.05, 0.1) is 23.7 Å². The van der Waals surface area contributed by atoms with E-state index >= 15 is 0 Å². The quantitative estimate of drug-likeness (QED) is 0.596. The Bertz CT molecular complexity index is 388. The van der Waals surface area contributed by atoms with Crippen LogP contribution in [0.25, 0.3) is 0 Å². The Morgan fingerprint density at radius 1 is 1.71 bits per heavy atom. The van der Waals surface area contributed by atoms with Gasteiger partial charge in [-0.05, 0) is 6.92 Å². The monoisotopic (exact) mass is 216 g/mol. The van der Waals surface area contributed by atoms with E-state index in [4.69, 9.17) is 16.3 Å². The Hall–Kier alpha value is -1.36. The molecule has 1 aromatic rings. The Balaban J connectivity index is 3.07. The number of alkyl halides is 1. The molecule has 1 heterocycles. The highest BCUT2D eigenvalue weighted by atomic mass is 35.5. The summed E-state index contributed by atoms with van der Waals surface area (Å²) in [6.45, 7) is 1.96. The minimum Gasteiger partial charge on any atom is -0.462 e. The number of rotatable bonds is 3. The van der Waals surface area contributed by atoms with Gasteiger partial charge in [0.25, 0.3) is 0 Å². The van der Waals surface area contributed by atoms with Crippen molar-refractivity contribution in [2.75, 3.05) is 6.61 Å². The lowest BCUT2D eigenvalue weighted by Crippen LogP contribution is -2.17. The number of esters is 1. The van der Waals surface area contributed by atoms with Gasteiger partial charge in [0, 0.05) is 6.20 Å². The highest BCUT2D eigenvalue weighted by Gasteiger charge is 2.12. The molecular weight excluding hydrogens is 208 g/mol. The first-order valence-corrected chi connectivity index (χ1v) is 4.53. The molecular formula is C8H9ClN2O3. The van der Waals surface area contributed by atoms with Crippen LogP contribution in [-0.4, -0.2) is 22.5 Å². The van der Waals surface area contributed by atoms with E-state index in [2.05, 4.69) is 9.97 Å². The molecule has 0 aliphatic rings.